The smallest absolute Gasteiger partial charge is 0.123 e. The number of benzene rings is 1. The van der Waals surface area contributed by atoms with Crippen LogP contribution >= 0.6 is 15.9 Å². The molecule has 3 unspecified atom stereocenters. The molecule has 2 nitrogen and oxygen atoms in total. The van der Waals surface area contributed by atoms with Crippen LogP contribution in [0.2, 0.25) is 0 Å². The maximum atomic E-state index is 13.1. The van der Waals surface area contributed by atoms with Gasteiger partial charge in [-0.15, -0.1) is 0 Å². The monoisotopic (exact) mass is 302 g/mol. The fourth-order valence-corrected chi connectivity index (χ4v) is 2.66. The summed E-state index contributed by atoms with van der Waals surface area (Å²) in [5.74, 6) is 0.0770. The lowest BCUT2D eigenvalue weighted by atomic mass is 9.95. The van der Waals surface area contributed by atoms with Crippen molar-refractivity contribution in [2.45, 2.75) is 32.0 Å². The number of rotatable bonds is 3. The second-order valence-corrected chi connectivity index (χ2v) is 5.46. The van der Waals surface area contributed by atoms with Crippen molar-refractivity contribution < 1.29 is 14.2 Å². The lowest BCUT2D eigenvalue weighted by molar-refractivity contribution is -0.0158. The Bertz CT molecular complexity index is 397. The average molecular weight is 303 g/mol. The van der Waals surface area contributed by atoms with Crippen molar-refractivity contribution in [2.75, 3.05) is 6.61 Å². The van der Waals surface area contributed by atoms with Gasteiger partial charge in [0, 0.05) is 17.5 Å². The normalized spacial score (nSPS) is 26.1. The third kappa shape index (κ3) is 3.06. The van der Waals surface area contributed by atoms with Crippen molar-refractivity contribution in [1.82, 2.24) is 0 Å². The molecule has 4 heteroatoms. The van der Waals surface area contributed by atoms with Crippen LogP contribution in [-0.2, 0) is 11.2 Å². The molecule has 1 aromatic carbocycles. The van der Waals surface area contributed by atoms with Crippen molar-refractivity contribution in [2.24, 2.45) is 5.92 Å². The van der Waals surface area contributed by atoms with E-state index in [-0.39, 0.29) is 11.9 Å². The van der Waals surface area contributed by atoms with Crippen LogP contribution in [0.5, 0.6) is 0 Å². The molecule has 1 fully saturated rings. The molecular formula is C13H16BrFO2. The summed E-state index contributed by atoms with van der Waals surface area (Å²) in [6.45, 7) is 2.77. The summed E-state index contributed by atoms with van der Waals surface area (Å²) in [6.07, 6.45) is 0.676. The summed E-state index contributed by atoms with van der Waals surface area (Å²) in [5.41, 5.74) is 0.778. The van der Waals surface area contributed by atoms with Gasteiger partial charge in [-0.05, 0) is 36.1 Å². The van der Waals surface area contributed by atoms with Crippen LogP contribution in [0.4, 0.5) is 4.39 Å². The molecule has 1 aliphatic heterocycles. The van der Waals surface area contributed by atoms with E-state index in [2.05, 4.69) is 22.9 Å². The molecule has 0 spiro atoms. The first-order valence-electron chi connectivity index (χ1n) is 5.81. The number of ether oxygens (including phenoxy) is 1. The van der Waals surface area contributed by atoms with E-state index in [0.29, 0.717) is 18.9 Å². The standard InChI is InChI=1S/C13H16BrFO2/c1-8-4-5-17-13(8)12(16)7-9-6-10(15)2-3-11(9)14/h2-3,6,8,12-13,16H,4-5,7H2,1H3. The van der Waals surface area contributed by atoms with Crippen molar-refractivity contribution in [1.29, 1.82) is 0 Å². The summed E-state index contributed by atoms with van der Waals surface area (Å²) in [6, 6.07) is 4.51. The second kappa shape index (κ2) is 5.46. The number of hydrogen-bond donors (Lipinski definition) is 1. The van der Waals surface area contributed by atoms with Crippen LogP contribution < -0.4 is 0 Å². The van der Waals surface area contributed by atoms with Crippen molar-refractivity contribution >= 4 is 15.9 Å². The zero-order chi connectivity index (χ0) is 12.4. The second-order valence-electron chi connectivity index (χ2n) is 4.61. The Morgan fingerprint density at radius 1 is 1.59 bits per heavy atom. The minimum absolute atomic E-state index is 0.134. The molecule has 2 rings (SSSR count). The van der Waals surface area contributed by atoms with Crippen LogP contribution in [0.25, 0.3) is 0 Å². The molecule has 3 atom stereocenters. The molecule has 1 saturated heterocycles. The molecule has 1 N–H and O–H groups in total. The summed E-state index contributed by atoms with van der Waals surface area (Å²) in [7, 11) is 0. The van der Waals surface area contributed by atoms with Gasteiger partial charge in [-0.3, -0.25) is 0 Å². The van der Waals surface area contributed by atoms with Gasteiger partial charge in [0.05, 0.1) is 12.2 Å². The maximum absolute atomic E-state index is 13.1. The van der Waals surface area contributed by atoms with Gasteiger partial charge in [0.25, 0.3) is 0 Å². The van der Waals surface area contributed by atoms with E-state index in [1.54, 1.807) is 6.07 Å². The number of halogens is 2. The van der Waals surface area contributed by atoms with Crippen LogP contribution in [0.15, 0.2) is 22.7 Å². The highest BCUT2D eigenvalue weighted by Gasteiger charge is 2.31. The van der Waals surface area contributed by atoms with Crippen molar-refractivity contribution in [3.8, 4) is 0 Å². The van der Waals surface area contributed by atoms with Gasteiger partial charge in [0.15, 0.2) is 0 Å². The first kappa shape index (κ1) is 13.0. The van der Waals surface area contributed by atoms with Gasteiger partial charge in [-0.25, -0.2) is 4.39 Å². The van der Waals surface area contributed by atoms with Crippen LogP contribution in [0, 0.1) is 11.7 Å². The van der Waals surface area contributed by atoms with Crippen LogP contribution in [-0.4, -0.2) is 23.9 Å². The van der Waals surface area contributed by atoms with E-state index < -0.39 is 6.10 Å². The maximum Gasteiger partial charge on any atom is 0.123 e. The average Bonchev–Trinajstić information content (AvgIpc) is 2.70. The SMILES string of the molecule is CC1CCOC1C(O)Cc1cc(F)ccc1Br. The highest BCUT2D eigenvalue weighted by atomic mass is 79.9. The van der Waals surface area contributed by atoms with E-state index in [1.807, 2.05) is 0 Å². The predicted octanol–water partition coefficient (Wildman–Crippen LogP) is 2.92. The number of aliphatic hydroxyl groups excluding tert-OH is 1. The molecule has 0 radical (unpaired) electrons. The fraction of sp³-hybridized carbons (Fsp3) is 0.538. The highest BCUT2D eigenvalue weighted by Crippen LogP contribution is 2.26. The summed E-state index contributed by atoms with van der Waals surface area (Å²) in [4.78, 5) is 0. The van der Waals surface area contributed by atoms with Gasteiger partial charge < -0.3 is 9.84 Å². The molecule has 17 heavy (non-hydrogen) atoms. The zero-order valence-corrected chi connectivity index (χ0v) is 11.3. The lowest BCUT2D eigenvalue weighted by Gasteiger charge is -2.21. The van der Waals surface area contributed by atoms with Crippen molar-refractivity contribution in [3.63, 3.8) is 0 Å². The van der Waals surface area contributed by atoms with Gasteiger partial charge in [-0.2, -0.15) is 0 Å². The lowest BCUT2D eigenvalue weighted by Crippen LogP contribution is -2.31. The predicted molar refractivity (Wildman–Crippen MR) is 67.3 cm³/mol. The number of hydrogen-bond acceptors (Lipinski definition) is 2. The van der Waals surface area contributed by atoms with E-state index in [1.165, 1.54) is 12.1 Å². The highest BCUT2D eigenvalue weighted by molar-refractivity contribution is 9.10. The molecule has 1 aromatic rings. The van der Waals surface area contributed by atoms with Crippen LogP contribution in [0.3, 0.4) is 0 Å². The zero-order valence-electron chi connectivity index (χ0n) is 9.70. The largest absolute Gasteiger partial charge is 0.390 e. The van der Waals surface area contributed by atoms with Gasteiger partial charge in [-0.1, -0.05) is 22.9 Å². The minimum Gasteiger partial charge on any atom is -0.390 e. The molecule has 0 saturated carbocycles. The Morgan fingerprint density at radius 2 is 2.35 bits per heavy atom. The van der Waals surface area contributed by atoms with Crippen molar-refractivity contribution in [3.05, 3.63) is 34.1 Å². The molecule has 1 heterocycles. The Kier molecular flexibility index (Phi) is 4.17. The Hall–Kier alpha value is -0.450. The first-order valence-corrected chi connectivity index (χ1v) is 6.61. The Labute approximate surface area is 109 Å². The Balaban J connectivity index is 2.07. The summed E-state index contributed by atoms with van der Waals surface area (Å²) < 4.78 is 19.5. The minimum atomic E-state index is -0.578. The molecule has 0 bridgehead atoms. The van der Waals surface area contributed by atoms with E-state index in [4.69, 9.17) is 4.74 Å². The van der Waals surface area contributed by atoms with Gasteiger partial charge in [0.2, 0.25) is 0 Å². The quantitative estimate of drug-likeness (QED) is 0.930. The molecule has 0 aromatic heterocycles. The van der Waals surface area contributed by atoms with Crippen LogP contribution in [0.1, 0.15) is 18.9 Å². The number of aliphatic hydroxyl groups is 1. The topological polar surface area (TPSA) is 29.5 Å². The van der Waals surface area contributed by atoms with E-state index in [0.717, 1.165) is 16.5 Å². The molecule has 0 aliphatic carbocycles. The summed E-state index contributed by atoms with van der Waals surface area (Å²) >= 11 is 3.36. The third-order valence-electron chi connectivity index (χ3n) is 3.26. The summed E-state index contributed by atoms with van der Waals surface area (Å²) in [5, 5.41) is 10.1. The Morgan fingerprint density at radius 3 is 3.00 bits per heavy atom. The third-order valence-corrected chi connectivity index (χ3v) is 4.03. The van der Waals surface area contributed by atoms with E-state index >= 15 is 0 Å². The first-order chi connectivity index (χ1) is 8.08. The van der Waals surface area contributed by atoms with Gasteiger partial charge in [0.1, 0.15) is 5.82 Å². The fourth-order valence-electron chi connectivity index (χ4n) is 2.25. The van der Waals surface area contributed by atoms with E-state index in [9.17, 15) is 9.50 Å². The molecule has 94 valence electrons. The molecule has 0 amide bonds. The van der Waals surface area contributed by atoms with Gasteiger partial charge >= 0.3 is 0 Å². The molecule has 1 aliphatic rings. The molecular weight excluding hydrogens is 287 g/mol.